The first-order chi connectivity index (χ1) is 64.4. The van der Waals surface area contributed by atoms with Crippen LogP contribution < -0.4 is 55.3 Å². The molecule has 6 aromatic heterocycles. The van der Waals surface area contributed by atoms with Crippen LogP contribution in [0.4, 0.5) is 75.2 Å². The van der Waals surface area contributed by atoms with Crippen molar-refractivity contribution in [1.29, 1.82) is 0 Å². The summed E-state index contributed by atoms with van der Waals surface area (Å²) in [7, 11) is -4.31. The zero-order valence-corrected chi connectivity index (χ0v) is 83.5. The Hall–Kier alpha value is -12.4. The lowest BCUT2D eigenvalue weighted by Crippen LogP contribution is -2.44. The molecule has 716 valence electrons. The summed E-state index contributed by atoms with van der Waals surface area (Å²) in [5.41, 5.74) is 15.2. The number of benzene rings is 6. The lowest BCUT2D eigenvalue weighted by molar-refractivity contribution is 0.0360. The largest absolute Gasteiger partial charge is 0.489 e. The maximum absolute atomic E-state index is 13.1. The molecule has 31 nitrogen and oxygen atoms in total. The van der Waals surface area contributed by atoms with Crippen molar-refractivity contribution < 1.29 is 48.9 Å². The lowest BCUT2D eigenvalue weighted by atomic mass is 10.0. The number of likely N-dealkylation sites (N-methyl/N-ethyl adjacent to an activating group) is 1. The van der Waals surface area contributed by atoms with Crippen molar-refractivity contribution in [2.75, 3.05) is 136 Å². The molecule has 2 fully saturated rings. The molecule has 5 N–H and O–H groups in total. The van der Waals surface area contributed by atoms with Gasteiger partial charge >= 0.3 is 0 Å². The second-order valence-corrected chi connectivity index (χ2v) is 43.3. The highest BCUT2D eigenvalue weighted by atomic mass is 32.2. The SMILES string of the molecule is Cc1cc(OC(C)C)c(Nc2ncc(C)c(Nc3ccccc3S(=O)(=O)C(C)C)n2)cc1-c1ccc(N2CCN(C)CC2)nc1.Cc1cc(OC(C)C)c(Nc2ncc(C)c(Nc3ccccc3S(=O)(=O)C(C)C)n2)cc1-c1ccc(OCCCN(C)C)nc1.Cc1cc2c(cc1-c1cnn(CCN3CCOCC3)c1)N(c1ncc(C)c(Nc3ccccc3S(=O)(=O)C(C)C)n1)CC(C)O2. The monoisotopic (exact) mass is 1890 g/mol. The number of hydrogen-bond acceptors (Lipinski definition) is 30. The number of rotatable bonds is 33. The molecule has 0 bridgehead atoms. The minimum absolute atomic E-state index is 0.0455. The van der Waals surface area contributed by atoms with Gasteiger partial charge < -0.3 is 69.9 Å². The molecule has 3 aliphatic rings. The van der Waals surface area contributed by atoms with E-state index in [-0.39, 0.29) is 33.0 Å². The Labute approximate surface area is 795 Å². The summed E-state index contributed by atoms with van der Waals surface area (Å²) in [6, 6.07) is 41.0. The van der Waals surface area contributed by atoms with Crippen LogP contribution >= 0.6 is 0 Å². The van der Waals surface area contributed by atoms with Crippen molar-refractivity contribution in [3.63, 3.8) is 0 Å². The van der Waals surface area contributed by atoms with E-state index < -0.39 is 45.3 Å². The number of aromatic nitrogens is 10. The molecular formula is C101H128N20O11S3. The fourth-order valence-corrected chi connectivity index (χ4v) is 19.0. The van der Waals surface area contributed by atoms with Crippen LogP contribution in [0, 0.1) is 41.5 Å². The van der Waals surface area contributed by atoms with Gasteiger partial charge in [0.1, 0.15) is 46.6 Å². The third-order valence-corrected chi connectivity index (χ3v) is 29.8. The summed E-state index contributed by atoms with van der Waals surface area (Å²) in [4.78, 5) is 49.4. The van der Waals surface area contributed by atoms with Crippen molar-refractivity contribution in [2.45, 2.75) is 179 Å². The highest BCUT2D eigenvalue weighted by Gasteiger charge is 2.32. The zero-order chi connectivity index (χ0) is 96.7. The molecule has 135 heavy (non-hydrogen) atoms. The Morgan fingerprint density at radius 3 is 1.41 bits per heavy atom. The molecular weight excluding hydrogens is 1770 g/mol. The molecule has 1 unspecified atom stereocenters. The average molecular weight is 1890 g/mol. The van der Waals surface area contributed by atoms with Gasteiger partial charge in [0, 0.05) is 129 Å². The van der Waals surface area contributed by atoms with Gasteiger partial charge in [-0.3, -0.25) is 9.58 Å². The number of nitrogens with one attached hydrogen (secondary N) is 5. The Kier molecular flexibility index (Phi) is 32.9. The summed E-state index contributed by atoms with van der Waals surface area (Å²) in [5, 5.41) is 19.4. The molecule has 0 amide bonds. The Bertz CT molecular complexity index is 6470. The van der Waals surface area contributed by atoms with Crippen molar-refractivity contribution in [3.8, 4) is 56.5 Å². The molecule has 15 rings (SSSR count). The number of para-hydroxylation sites is 3. The summed E-state index contributed by atoms with van der Waals surface area (Å²) < 4.78 is 110. The molecule has 2 saturated heterocycles. The summed E-state index contributed by atoms with van der Waals surface area (Å²) in [5.74, 6) is 6.39. The molecule has 6 aromatic carbocycles. The zero-order valence-electron chi connectivity index (χ0n) is 81.0. The van der Waals surface area contributed by atoms with Crippen LogP contribution in [0.15, 0.2) is 192 Å². The fourth-order valence-electron chi connectivity index (χ4n) is 15.4. The minimum Gasteiger partial charge on any atom is -0.489 e. The average Bonchev–Trinajstić information content (AvgIpc) is 1.36. The van der Waals surface area contributed by atoms with E-state index in [1.807, 2.05) is 142 Å². The van der Waals surface area contributed by atoms with E-state index in [9.17, 15) is 25.3 Å². The quantitative estimate of drug-likeness (QED) is 0.0239. The number of fused-ring (bicyclic) bond motifs is 1. The Balaban J connectivity index is 0.000000171. The molecule has 0 aliphatic carbocycles. The number of sulfone groups is 3. The van der Waals surface area contributed by atoms with Crippen molar-refractivity contribution >= 4 is 105 Å². The van der Waals surface area contributed by atoms with E-state index in [1.54, 1.807) is 127 Å². The highest BCUT2D eigenvalue weighted by Crippen LogP contribution is 2.45. The number of aryl methyl sites for hydroxylation is 6. The molecule has 3 aliphatic heterocycles. The van der Waals surface area contributed by atoms with Crippen LogP contribution in [0.25, 0.3) is 33.4 Å². The van der Waals surface area contributed by atoms with Gasteiger partial charge in [0.05, 0.1) is 116 Å². The second kappa shape index (κ2) is 44.4. The maximum atomic E-state index is 13.1. The number of ether oxygens (including phenoxy) is 5. The lowest BCUT2D eigenvalue weighted by Gasteiger charge is -2.34. The van der Waals surface area contributed by atoms with Crippen LogP contribution in [0.2, 0.25) is 0 Å². The van der Waals surface area contributed by atoms with Gasteiger partial charge in [-0.15, -0.1) is 0 Å². The van der Waals surface area contributed by atoms with Crippen LogP contribution in [-0.2, 0) is 40.8 Å². The fraction of sp³-hybridized carbons (Fsp3) is 0.396. The van der Waals surface area contributed by atoms with Crippen molar-refractivity contribution in [1.82, 2.24) is 64.4 Å². The Morgan fingerprint density at radius 2 is 0.941 bits per heavy atom. The van der Waals surface area contributed by atoms with E-state index in [2.05, 4.69) is 122 Å². The van der Waals surface area contributed by atoms with Crippen LogP contribution in [0.3, 0.4) is 0 Å². The molecule has 0 saturated carbocycles. The van der Waals surface area contributed by atoms with E-state index in [0.29, 0.717) is 94.3 Å². The first kappa shape index (κ1) is 100. The smallest absolute Gasteiger partial charge is 0.232 e. The van der Waals surface area contributed by atoms with E-state index in [0.717, 1.165) is 163 Å². The summed E-state index contributed by atoms with van der Waals surface area (Å²) in [6.45, 7) is 43.1. The molecule has 9 heterocycles. The van der Waals surface area contributed by atoms with Gasteiger partial charge in [-0.2, -0.15) is 20.1 Å². The normalized spacial score (nSPS) is 14.4. The van der Waals surface area contributed by atoms with Gasteiger partial charge in [-0.25, -0.2) is 50.2 Å². The number of morpholine rings is 1. The third kappa shape index (κ3) is 25.2. The first-order valence-electron chi connectivity index (χ1n) is 45.9. The number of anilines is 13. The van der Waals surface area contributed by atoms with Gasteiger partial charge in [-0.05, 0) is 270 Å². The van der Waals surface area contributed by atoms with E-state index in [4.69, 9.17) is 48.6 Å². The van der Waals surface area contributed by atoms with Crippen LogP contribution in [0.5, 0.6) is 23.1 Å². The second-order valence-electron chi connectivity index (χ2n) is 35.9. The highest BCUT2D eigenvalue weighted by molar-refractivity contribution is 7.92. The third-order valence-electron chi connectivity index (χ3n) is 23.2. The molecule has 1 atom stereocenters. The number of hydrogen-bond donors (Lipinski definition) is 5. The van der Waals surface area contributed by atoms with Crippen LogP contribution in [0.1, 0.15) is 116 Å². The van der Waals surface area contributed by atoms with Crippen LogP contribution in [-0.4, -0.2) is 224 Å². The van der Waals surface area contributed by atoms with E-state index >= 15 is 0 Å². The van der Waals surface area contributed by atoms with Gasteiger partial charge in [0.15, 0.2) is 29.5 Å². The summed E-state index contributed by atoms with van der Waals surface area (Å²) >= 11 is 0. The molecule has 34 heteroatoms. The number of nitrogens with zero attached hydrogens (tertiary/aromatic N) is 15. The number of piperazine rings is 1. The molecule has 0 radical (unpaired) electrons. The predicted molar refractivity (Wildman–Crippen MR) is 538 cm³/mol. The summed E-state index contributed by atoms with van der Waals surface area (Å²) in [6.07, 6.45) is 13.6. The molecule has 12 aromatic rings. The van der Waals surface area contributed by atoms with Gasteiger partial charge in [0.25, 0.3) is 0 Å². The topological polar surface area (TPSA) is 346 Å². The van der Waals surface area contributed by atoms with Crippen molar-refractivity contribution in [2.24, 2.45) is 0 Å². The van der Waals surface area contributed by atoms with Gasteiger partial charge in [0.2, 0.25) is 23.7 Å². The maximum Gasteiger partial charge on any atom is 0.232 e. The van der Waals surface area contributed by atoms with Crippen molar-refractivity contribution in [3.05, 3.63) is 210 Å². The minimum atomic E-state index is -3.52. The Morgan fingerprint density at radius 1 is 0.474 bits per heavy atom. The first-order valence-corrected chi connectivity index (χ1v) is 50.5. The molecule has 0 spiro atoms. The van der Waals surface area contributed by atoms with E-state index in [1.165, 1.54) is 0 Å². The standard InChI is InChI=1S/C34H43N7O3S.C34H44N6O4S.C33H41N7O4S/c1-22(2)44-30-18-24(5)27(26-12-13-32(35-21-26)41-16-14-40(7)15-17-41)19-29(30)38-34-36-20-25(6)33(39-34)37-28-10-8-9-11-31(28)45(42,43)23(3)4;1-22(2)44-30-18-24(5)27(26-14-15-32(35-21-26)43-17-11-16-40(7)8)19-29(30)38-34-36-20-25(6)33(39-34)37-28-12-9-10-13-31(28)45(41,42)23(3)4;1-22(2)45(41,42)31-9-7-6-8-28(31)36-32-24(4)18-34-33(37-32)40-20-25(5)44-30-16-23(3)27(17-29(30)40)26-19-35-39(21-26)11-10-38-12-14-43-15-13-38/h8-13,18-23H,14-17H2,1-7H3,(H2,36,37,38,39);9-10,12-15,18-23H,11,16-17H2,1-8H3,(H2,36,37,38,39);6-9,16-19,21-22,25H,10-15,20H2,1-5H3,(H,34,36,37). The predicted octanol–water partition coefficient (Wildman–Crippen LogP) is 18.4. The number of pyridine rings is 2. The van der Waals surface area contributed by atoms with Gasteiger partial charge in [-0.1, -0.05) is 36.4 Å².